The van der Waals surface area contributed by atoms with Crippen LogP contribution in [0.4, 0.5) is 13.2 Å². The monoisotopic (exact) mass is 616 g/mol. The Morgan fingerprint density at radius 3 is 2.19 bits per heavy atom. The first-order valence-electron chi connectivity index (χ1n) is 12.3. The standard InChI is InChI=1S/C31H29F3N2Te/c1-29(2,3)24-17-22(16-21-8-6-7-9-23(21)24)26-27-25(14-15-35-26)36-28(37-27)20-12-10-19(11-13-20)18-30(4,5)31(32,33)34/h6-17H,18H2,1-5H3. The van der Waals surface area contributed by atoms with Crippen LogP contribution < -0.4 is 0 Å². The molecule has 3 aromatic carbocycles. The Morgan fingerprint density at radius 1 is 0.811 bits per heavy atom. The van der Waals surface area contributed by atoms with E-state index in [1.807, 2.05) is 24.4 Å². The van der Waals surface area contributed by atoms with E-state index < -0.39 is 32.0 Å². The van der Waals surface area contributed by atoms with Gasteiger partial charge in [0.15, 0.2) is 0 Å². The molecule has 0 N–H and O–H groups in total. The molecule has 0 saturated heterocycles. The molecule has 0 aliphatic rings. The number of nitrogens with zero attached hydrogens (tertiary/aromatic N) is 2. The van der Waals surface area contributed by atoms with Crippen molar-refractivity contribution in [2.24, 2.45) is 5.41 Å². The van der Waals surface area contributed by atoms with E-state index in [-0.39, 0.29) is 11.8 Å². The molecule has 0 aliphatic carbocycles. The zero-order chi connectivity index (χ0) is 26.6. The zero-order valence-electron chi connectivity index (χ0n) is 21.6. The SMILES string of the molecule is CC(C)(C)c1cc(-c2nccc3nc(-c4ccc(CC(C)(C)C(F)(F)F)cc4)[te]c23)cc2ccccc12. The molecule has 0 aliphatic heterocycles. The van der Waals surface area contributed by atoms with Crippen LogP contribution in [0.15, 0.2) is 72.9 Å². The summed E-state index contributed by atoms with van der Waals surface area (Å²) in [6.07, 6.45) is -2.47. The number of halogens is 3. The van der Waals surface area contributed by atoms with Gasteiger partial charge in [-0.05, 0) is 0 Å². The van der Waals surface area contributed by atoms with Crippen LogP contribution in [0, 0.1) is 5.41 Å². The number of hydrogen-bond acceptors (Lipinski definition) is 2. The van der Waals surface area contributed by atoms with Gasteiger partial charge in [0.05, 0.1) is 0 Å². The van der Waals surface area contributed by atoms with Crippen molar-refractivity contribution in [2.75, 3.05) is 0 Å². The van der Waals surface area contributed by atoms with E-state index in [0.29, 0.717) is 5.56 Å². The summed E-state index contributed by atoms with van der Waals surface area (Å²) < 4.78 is 42.2. The van der Waals surface area contributed by atoms with Crippen LogP contribution in [0.2, 0.25) is 0 Å². The van der Waals surface area contributed by atoms with E-state index >= 15 is 0 Å². The van der Waals surface area contributed by atoms with Gasteiger partial charge in [-0.15, -0.1) is 0 Å². The molecule has 190 valence electrons. The van der Waals surface area contributed by atoms with Crippen molar-refractivity contribution < 1.29 is 13.2 Å². The Balaban J connectivity index is 1.55. The molecular weight excluding hydrogens is 585 g/mol. The van der Waals surface area contributed by atoms with Crippen LogP contribution in [-0.4, -0.2) is 36.6 Å². The van der Waals surface area contributed by atoms with E-state index in [2.05, 4.69) is 57.2 Å². The van der Waals surface area contributed by atoms with Crippen molar-refractivity contribution in [3.63, 3.8) is 0 Å². The molecule has 0 radical (unpaired) electrons. The third-order valence-electron chi connectivity index (χ3n) is 6.86. The Morgan fingerprint density at radius 2 is 1.51 bits per heavy atom. The maximum absolute atomic E-state index is 13.3. The zero-order valence-corrected chi connectivity index (χ0v) is 23.9. The van der Waals surface area contributed by atoms with Gasteiger partial charge in [0.25, 0.3) is 0 Å². The molecule has 0 atom stereocenters. The molecule has 0 bridgehead atoms. The fraction of sp³-hybridized carbons (Fsp3) is 0.290. The summed E-state index contributed by atoms with van der Waals surface area (Å²) in [6.45, 7) is 9.19. The molecule has 5 rings (SSSR count). The molecule has 0 fully saturated rings. The summed E-state index contributed by atoms with van der Waals surface area (Å²) in [5, 5.41) is 2.45. The van der Waals surface area contributed by atoms with Gasteiger partial charge in [0, 0.05) is 0 Å². The van der Waals surface area contributed by atoms with E-state index in [1.165, 1.54) is 33.6 Å². The van der Waals surface area contributed by atoms with Gasteiger partial charge in [0.2, 0.25) is 0 Å². The number of rotatable bonds is 4. The number of benzene rings is 3. The summed E-state index contributed by atoms with van der Waals surface area (Å²) in [5.41, 5.74) is 4.20. The minimum absolute atomic E-state index is 0.0195. The summed E-state index contributed by atoms with van der Waals surface area (Å²) >= 11 is -0.825. The number of alkyl halides is 3. The predicted octanol–water partition coefficient (Wildman–Crippen LogP) is 8.60. The first-order valence-corrected chi connectivity index (χ1v) is 14.6. The fourth-order valence-electron chi connectivity index (χ4n) is 4.63. The summed E-state index contributed by atoms with van der Waals surface area (Å²) in [6, 6.07) is 22.4. The number of hydrogen-bond donors (Lipinski definition) is 0. The Kier molecular flexibility index (Phi) is 6.49. The predicted molar refractivity (Wildman–Crippen MR) is 147 cm³/mol. The number of aromatic nitrogens is 2. The van der Waals surface area contributed by atoms with E-state index in [1.54, 1.807) is 12.1 Å². The van der Waals surface area contributed by atoms with Gasteiger partial charge in [-0.2, -0.15) is 0 Å². The fourth-order valence-corrected chi connectivity index (χ4v) is 7.70. The number of pyridine rings is 1. The molecule has 0 unspecified atom stereocenters. The van der Waals surface area contributed by atoms with Crippen LogP contribution in [0.1, 0.15) is 45.7 Å². The molecule has 5 aromatic rings. The molecule has 0 saturated carbocycles. The molecular formula is C31H29F3N2Te. The molecule has 2 aromatic heterocycles. The van der Waals surface area contributed by atoms with E-state index in [0.717, 1.165) is 26.0 Å². The molecule has 2 heterocycles. The van der Waals surface area contributed by atoms with Gasteiger partial charge in [-0.25, -0.2) is 0 Å². The van der Waals surface area contributed by atoms with Crippen LogP contribution >= 0.6 is 0 Å². The first-order chi connectivity index (χ1) is 17.3. The van der Waals surface area contributed by atoms with Crippen LogP contribution in [-0.2, 0) is 11.8 Å². The van der Waals surface area contributed by atoms with Crippen molar-refractivity contribution in [1.29, 1.82) is 0 Å². The number of fused-ring (bicyclic) bond motifs is 2. The summed E-state index contributed by atoms with van der Waals surface area (Å²) in [5.74, 6) is 0. The van der Waals surface area contributed by atoms with Crippen molar-refractivity contribution in [3.05, 3.63) is 84.1 Å². The van der Waals surface area contributed by atoms with Crippen molar-refractivity contribution in [2.45, 2.75) is 52.6 Å². The molecule has 0 spiro atoms. The van der Waals surface area contributed by atoms with E-state index in [4.69, 9.17) is 9.97 Å². The van der Waals surface area contributed by atoms with Gasteiger partial charge >= 0.3 is 226 Å². The van der Waals surface area contributed by atoms with Crippen LogP contribution in [0.5, 0.6) is 0 Å². The normalized spacial score (nSPS) is 13.0. The molecule has 0 amide bonds. The van der Waals surface area contributed by atoms with E-state index in [9.17, 15) is 13.2 Å². The third kappa shape index (κ3) is 5.07. The quantitative estimate of drug-likeness (QED) is 0.190. The topological polar surface area (TPSA) is 25.8 Å². The Hall–Kier alpha value is -2.68. The summed E-state index contributed by atoms with van der Waals surface area (Å²) in [7, 11) is 0. The van der Waals surface area contributed by atoms with Gasteiger partial charge < -0.3 is 0 Å². The Labute approximate surface area is 225 Å². The first kappa shape index (κ1) is 25.9. The van der Waals surface area contributed by atoms with Crippen molar-refractivity contribution in [1.82, 2.24) is 9.97 Å². The van der Waals surface area contributed by atoms with Crippen molar-refractivity contribution >= 4 is 40.1 Å². The average Bonchev–Trinajstić information content (AvgIpc) is 3.27. The Bertz CT molecular complexity index is 1590. The van der Waals surface area contributed by atoms with Gasteiger partial charge in [-0.3, -0.25) is 0 Å². The third-order valence-corrected chi connectivity index (χ3v) is 10.1. The molecule has 37 heavy (non-hydrogen) atoms. The average molecular weight is 614 g/mol. The molecule has 2 nitrogen and oxygen atoms in total. The second-order valence-corrected chi connectivity index (χ2v) is 14.1. The summed E-state index contributed by atoms with van der Waals surface area (Å²) in [4.78, 5) is 9.75. The van der Waals surface area contributed by atoms with Crippen LogP contribution in [0.25, 0.3) is 40.2 Å². The second kappa shape index (κ2) is 9.26. The maximum atomic E-state index is 13.3. The van der Waals surface area contributed by atoms with Gasteiger partial charge in [0.1, 0.15) is 0 Å². The van der Waals surface area contributed by atoms with Gasteiger partial charge in [-0.1, -0.05) is 0 Å². The molecule has 6 heteroatoms. The second-order valence-electron chi connectivity index (χ2n) is 11.3. The van der Waals surface area contributed by atoms with Crippen LogP contribution in [0.3, 0.4) is 0 Å². The minimum atomic E-state index is -4.24. The van der Waals surface area contributed by atoms with Crippen molar-refractivity contribution in [3.8, 4) is 20.5 Å².